The third kappa shape index (κ3) is 8.40. The van der Waals surface area contributed by atoms with Crippen molar-refractivity contribution in [1.29, 1.82) is 0 Å². The minimum Gasteiger partial charge on any atom is -0.497 e. The van der Waals surface area contributed by atoms with Gasteiger partial charge in [0, 0.05) is 12.1 Å². The average Bonchev–Trinajstić information content (AvgIpc) is 2.64. The molecular weight excluding hydrogens is 348 g/mol. The number of benzene rings is 1. The van der Waals surface area contributed by atoms with Crippen LogP contribution >= 0.6 is 0 Å². The zero-order valence-corrected chi connectivity index (χ0v) is 16.4. The number of amides is 2. The monoisotopic (exact) mass is 376 g/mol. The van der Waals surface area contributed by atoms with E-state index in [1.165, 1.54) is 13.0 Å². The summed E-state index contributed by atoms with van der Waals surface area (Å²) in [4.78, 5) is 35.5. The molecule has 1 rings (SSSR count). The largest absolute Gasteiger partial charge is 0.497 e. The van der Waals surface area contributed by atoms with E-state index in [9.17, 15) is 14.4 Å². The highest BCUT2D eigenvalue weighted by Gasteiger charge is 2.18. The molecule has 1 aromatic carbocycles. The number of carbonyl (C=O) groups is 3. The SMILES string of the molecule is COc1ccc(/C=C/C(=O)N[C@@H](C)C(=O)OCC(=O)N[C@@H](C)C(C)C)cc1. The molecule has 1 aromatic rings. The lowest BCUT2D eigenvalue weighted by Gasteiger charge is -2.18. The Labute approximate surface area is 160 Å². The molecule has 0 aliphatic rings. The first kappa shape index (κ1) is 22.2. The van der Waals surface area contributed by atoms with E-state index in [0.717, 1.165) is 11.3 Å². The maximum absolute atomic E-state index is 11.9. The minimum atomic E-state index is -0.867. The summed E-state index contributed by atoms with van der Waals surface area (Å²) in [7, 11) is 1.58. The van der Waals surface area contributed by atoms with Crippen LogP contribution in [-0.4, -0.2) is 43.6 Å². The molecule has 27 heavy (non-hydrogen) atoms. The van der Waals surface area contributed by atoms with Crippen molar-refractivity contribution in [1.82, 2.24) is 10.6 Å². The molecule has 7 heteroatoms. The Morgan fingerprint density at radius 2 is 1.67 bits per heavy atom. The molecule has 0 saturated carbocycles. The second-order valence-electron chi connectivity index (χ2n) is 6.54. The van der Waals surface area contributed by atoms with E-state index in [4.69, 9.17) is 9.47 Å². The fraction of sp³-hybridized carbons (Fsp3) is 0.450. The number of hydrogen-bond acceptors (Lipinski definition) is 5. The molecular formula is C20H28N2O5. The topological polar surface area (TPSA) is 93.7 Å². The van der Waals surface area contributed by atoms with Gasteiger partial charge in [0.15, 0.2) is 6.61 Å². The molecule has 148 valence electrons. The van der Waals surface area contributed by atoms with E-state index in [-0.39, 0.29) is 24.5 Å². The van der Waals surface area contributed by atoms with Gasteiger partial charge in [-0.2, -0.15) is 0 Å². The van der Waals surface area contributed by atoms with Gasteiger partial charge < -0.3 is 20.1 Å². The van der Waals surface area contributed by atoms with Gasteiger partial charge in [0.1, 0.15) is 11.8 Å². The highest BCUT2D eigenvalue weighted by Crippen LogP contribution is 2.12. The van der Waals surface area contributed by atoms with E-state index in [0.29, 0.717) is 0 Å². The third-order valence-corrected chi connectivity index (χ3v) is 3.99. The highest BCUT2D eigenvalue weighted by molar-refractivity contribution is 5.94. The predicted molar refractivity (Wildman–Crippen MR) is 103 cm³/mol. The van der Waals surface area contributed by atoms with Crippen molar-refractivity contribution in [2.45, 2.75) is 39.8 Å². The smallest absolute Gasteiger partial charge is 0.328 e. The molecule has 2 atom stereocenters. The molecule has 0 spiro atoms. The fourth-order valence-corrected chi connectivity index (χ4v) is 1.93. The van der Waals surface area contributed by atoms with E-state index >= 15 is 0 Å². The molecule has 0 aliphatic heterocycles. The van der Waals surface area contributed by atoms with Crippen molar-refractivity contribution >= 4 is 23.9 Å². The molecule has 0 saturated heterocycles. The highest BCUT2D eigenvalue weighted by atomic mass is 16.5. The maximum atomic E-state index is 11.9. The first-order chi connectivity index (χ1) is 12.7. The zero-order valence-electron chi connectivity index (χ0n) is 16.4. The van der Waals surface area contributed by atoms with Crippen molar-refractivity contribution < 1.29 is 23.9 Å². The van der Waals surface area contributed by atoms with Gasteiger partial charge in [-0.3, -0.25) is 9.59 Å². The number of nitrogens with one attached hydrogen (secondary N) is 2. The minimum absolute atomic E-state index is 0.0172. The van der Waals surface area contributed by atoms with Gasteiger partial charge in [-0.15, -0.1) is 0 Å². The molecule has 0 bridgehead atoms. The van der Waals surface area contributed by atoms with E-state index < -0.39 is 17.9 Å². The van der Waals surface area contributed by atoms with Crippen LogP contribution < -0.4 is 15.4 Å². The number of hydrogen-bond donors (Lipinski definition) is 2. The van der Waals surface area contributed by atoms with Crippen LogP contribution in [0.1, 0.15) is 33.3 Å². The van der Waals surface area contributed by atoms with Crippen molar-refractivity contribution in [3.05, 3.63) is 35.9 Å². The van der Waals surface area contributed by atoms with Crippen LogP contribution in [0.25, 0.3) is 6.08 Å². The number of ether oxygens (including phenoxy) is 2. The molecule has 7 nitrogen and oxygen atoms in total. The van der Waals surface area contributed by atoms with Crippen LogP contribution in [0, 0.1) is 5.92 Å². The Morgan fingerprint density at radius 3 is 2.22 bits per heavy atom. The summed E-state index contributed by atoms with van der Waals surface area (Å²) in [6.45, 7) is 6.96. The van der Waals surface area contributed by atoms with Crippen LogP contribution in [0.15, 0.2) is 30.3 Å². The van der Waals surface area contributed by atoms with Crippen LogP contribution in [0.5, 0.6) is 5.75 Å². The van der Waals surface area contributed by atoms with Gasteiger partial charge in [-0.1, -0.05) is 26.0 Å². The van der Waals surface area contributed by atoms with Crippen molar-refractivity contribution in [2.24, 2.45) is 5.92 Å². The van der Waals surface area contributed by atoms with Crippen molar-refractivity contribution in [3.63, 3.8) is 0 Å². The number of carbonyl (C=O) groups excluding carboxylic acids is 3. The predicted octanol–water partition coefficient (Wildman–Crippen LogP) is 1.92. The molecule has 2 amide bonds. The lowest BCUT2D eigenvalue weighted by Crippen LogP contribution is -2.42. The molecule has 0 aliphatic carbocycles. The molecule has 0 aromatic heterocycles. The second kappa shape index (κ2) is 11.0. The Hall–Kier alpha value is -2.83. The lowest BCUT2D eigenvalue weighted by atomic mass is 10.1. The normalized spacial score (nSPS) is 13.1. The van der Waals surface area contributed by atoms with E-state index in [1.54, 1.807) is 37.5 Å². The maximum Gasteiger partial charge on any atom is 0.328 e. The van der Waals surface area contributed by atoms with Gasteiger partial charge in [-0.25, -0.2) is 4.79 Å². The van der Waals surface area contributed by atoms with Crippen LogP contribution in [0.2, 0.25) is 0 Å². The van der Waals surface area contributed by atoms with Gasteiger partial charge in [0.05, 0.1) is 7.11 Å². The van der Waals surface area contributed by atoms with Crippen LogP contribution in [-0.2, 0) is 19.1 Å². The molecule has 0 radical (unpaired) electrons. The summed E-state index contributed by atoms with van der Waals surface area (Å²) in [5.41, 5.74) is 0.817. The fourth-order valence-electron chi connectivity index (χ4n) is 1.93. The summed E-state index contributed by atoms with van der Waals surface area (Å²) in [6, 6.07) is 6.28. The number of rotatable bonds is 9. The van der Waals surface area contributed by atoms with E-state index in [1.807, 2.05) is 20.8 Å². The van der Waals surface area contributed by atoms with Gasteiger partial charge in [-0.05, 0) is 43.5 Å². The zero-order chi connectivity index (χ0) is 20.4. The lowest BCUT2D eigenvalue weighted by molar-refractivity contribution is -0.151. The molecule has 0 unspecified atom stereocenters. The van der Waals surface area contributed by atoms with Gasteiger partial charge >= 0.3 is 5.97 Å². The first-order valence-electron chi connectivity index (χ1n) is 8.81. The average molecular weight is 376 g/mol. The summed E-state index contributed by atoms with van der Waals surface area (Å²) in [6.07, 6.45) is 2.94. The van der Waals surface area contributed by atoms with Gasteiger partial charge in [0.2, 0.25) is 5.91 Å². The number of methoxy groups -OCH3 is 1. The van der Waals surface area contributed by atoms with Crippen LogP contribution in [0.4, 0.5) is 0 Å². The van der Waals surface area contributed by atoms with Crippen molar-refractivity contribution in [3.8, 4) is 5.75 Å². The quantitative estimate of drug-likeness (QED) is 0.507. The summed E-state index contributed by atoms with van der Waals surface area (Å²) in [5, 5.41) is 5.24. The van der Waals surface area contributed by atoms with E-state index in [2.05, 4.69) is 10.6 Å². The molecule has 0 heterocycles. The Morgan fingerprint density at radius 1 is 1.04 bits per heavy atom. The third-order valence-electron chi connectivity index (χ3n) is 3.99. The van der Waals surface area contributed by atoms with Gasteiger partial charge in [0.25, 0.3) is 5.91 Å². The molecule has 0 fully saturated rings. The number of esters is 1. The summed E-state index contributed by atoms with van der Waals surface area (Å²) >= 11 is 0. The Balaban J connectivity index is 2.41. The Bertz CT molecular complexity index is 667. The Kier molecular flexibility index (Phi) is 9.05. The second-order valence-corrected chi connectivity index (χ2v) is 6.54. The standard InChI is InChI=1S/C20H28N2O5/c1-13(2)14(3)21-19(24)12-27-20(25)15(4)22-18(23)11-8-16-6-9-17(26-5)10-7-16/h6-11,13-15H,12H2,1-5H3,(H,21,24)(H,22,23)/b11-8+/t14-,15-/m0/s1. The van der Waals surface area contributed by atoms with Crippen LogP contribution in [0.3, 0.4) is 0 Å². The summed E-state index contributed by atoms with van der Waals surface area (Å²) in [5.74, 6) is -0.482. The summed E-state index contributed by atoms with van der Waals surface area (Å²) < 4.78 is 9.99. The van der Waals surface area contributed by atoms with Crippen molar-refractivity contribution in [2.75, 3.05) is 13.7 Å². The first-order valence-corrected chi connectivity index (χ1v) is 8.81. The molecule has 2 N–H and O–H groups in total.